The molecule has 0 radical (unpaired) electrons. The molecule has 2 aromatic heterocycles. The fourth-order valence-corrected chi connectivity index (χ4v) is 3.69. The Hall–Kier alpha value is -2.77. The normalized spacial score (nSPS) is 23.3. The van der Waals surface area contributed by atoms with Crippen molar-refractivity contribution in [1.82, 2.24) is 25.1 Å². The van der Waals surface area contributed by atoms with Gasteiger partial charge in [0.25, 0.3) is 5.56 Å². The summed E-state index contributed by atoms with van der Waals surface area (Å²) in [5.74, 6) is 2.07. The minimum absolute atomic E-state index is 0.106. The first-order chi connectivity index (χ1) is 12.6. The lowest BCUT2D eigenvalue weighted by Gasteiger charge is -2.53. The van der Waals surface area contributed by atoms with Crippen LogP contribution in [0.4, 0.5) is 5.95 Å². The summed E-state index contributed by atoms with van der Waals surface area (Å²) >= 11 is 0. The van der Waals surface area contributed by atoms with E-state index in [-0.39, 0.29) is 18.0 Å². The number of likely N-dealkylation sites (N-methyl/N-ethyl adjacent to an activating group) is 1. The largest absolute Gasteiger partial charge is 0.355 e. The number of amides is 1. The third-order valence-corrected chi connectivity index (χ3v) is 5.35. The van der Waals surface area contributed by atoms with E-state index in [0.717, 1.165) is 16.5 Å². The Morgan fingerprint density at radius 2 is 2.08 bits per heavy atom. The molecule has 0 saturated heterocycles. The maximum absolute atomic E-state index is 11.9. The van der Waals surface area contributed by atoms with Crippen LogP contribution in [-0.2, 0) is 11.3 Å². The third-order valence-electron chi connectivity index (χ3n) is 5.35. The molecule has 0 aromatic carbocycles. The van der Waals surface area contributed by atoms with Gasteiger partial charge < -0.3 is 10.6 Å². The lowest BCUT2D eigenvalue weighted by molar-refractivity contribution is -0.121. The van der Waals surface area contributed by atoms with Gasteiger partial charge >= 0.3 is 0 Å². The number of hydrogen-bond donors (Lipinski definition) is 2. The van der Waals surface area contributed by atoms with Crippen molar-refractivity contribution in [3.63, 3.8) is 0 Å². The number of fused-ring (bicyclic) bond motifs is 1. The first-order valence-electron chi connectivity index (χ1n) is 9.08. The van der Waals surface area contributed by atoms with E-state index in [4.69, 9.17) is 0 Å². The number of hydrogen-bond acceptors (Lipinski definition) is 6. The molecule has 4 rings (SSSR count). The van der Waals surface area contributed by atoms with Crippen LogP contribution in [-0.4, -0.2) is 38.2 Å². The van der Waals surface area contributed by atoms with E-state index in [1.165, 1.54) is 25.3 Å². The molecule has 2 heterocycles. The number of aromatic nitrogens is 4. The molecular formula is C18H22N6O2. The Morgan fingerprint density at radius 1 is 1.27 bits per heavy atom. The Bertz CT molecular complexity index is 863. The predicted molar refractivity (Wildman–Crippen MR) is 96.4 cm³/mol. The van der Waals surface area contributed by atoms with Gasteiger partial charge in [-0.25, -0.2) is 14.6 Å². The smallest absolute Gasteiger partial charge is 0.267 e. The molecule has 1 amide bonds. The molecule has 8 heteroatoms. The third kappa shape index (κ3) is 3.18. The summed E-state index contributed by atoms with van der Waals surface area (Å²) in [6.45, 7) is 2.23. The lowest BCUT2D eigenvalue weighted by atomic mass is 9.56. The van der Waals surface area contributed by atoms with Crippen LogP contribution in [0.25, 0.3) is 11.3 Å². The van der Waals surface area contributed by atoms with Gasteiger partial charge in [0.1, 0.15) is 6.54 Å². The molecule has 26 heavy (non-hydrogen) atoms. The molecule has 2 aliphatic carbocycles. The first-order valence-corrected chi connectivity index (χ1v) is 9.08. The van der Waals surface area contributed by atoms with Crippen molar-refractivity contribution in [2.45, 2.75) is 38.8 Å². The lowest BCUT2D eigenvalue weighted by Crippen LogP contribution is -2.52. The van der Waals surface area contributed by atoms with E-state index in [1.54, 1.807) is 18.5 Å². The second kappa shape index (κ2) is 6.86. The highest BCUT2D eigenvalue weighted by Crippen LogP contribution is 2.50. The monoisotopic (exact) mass is 354 g/mol. The van der Waals surface area contributed by atoms with Gasteiger partial charge in [0.05, 0.1) is 5.69 Å². The zero-order valence-electron chi connectivity index (χ0n) is 14.7. The SMILES string of the molecule is CCNC(=O)Cn1nc(-c2cnc(NC3CC4CCC43)nc2)ccc1=O. The number of anilines is 1. The maximum Gasteiger partial charge on any atom is 0.267 e. The van der Waals surface area contributed by atoms with E-state index in [2.05, 4.69) is 25.7 Å². The van der Waals surface area contributed by atoms with Crippen molar-refractivity contribution in [1.29, 1.82) is 0 Å². The molecule has 8 nitrogen and oxygen atoms in total. The zero-order chi connectivity index (χ0) is 18.1. The van der Waals surface area contributed by atoms with E-state index >= 15 is 0 Å². The molecule has 3 atom stereocenters. The summed E-state index contributed by atoms with van der Waals surface area (Å²) < 4.78 is 1.15. The summed E-state index contributed by atoms with van der Waals surface area (Å²) in [5, 5.41) is 10.3. The second-order valence-electron chi connectivity index (χ2n) is 6.95. The van der Waals surface area contributed by atoms with E-state index in [9.17, 15) is 9.59 Å². The number of carbonyl (C=O) groups is 1. The first kappa shape index (κ1) is 16.7. The zero-order valence-corrected chi connectivity index (χ0v) is 14.7. The molecule has 2 N–H and O–H groups in total. The number of nitrogens with zero attached hydrogens (tertiary/aromatic N) is 4. The highest BCUT2D eigenvalue weighted by molar-refractivity contribution is 5.75. The van der Waals surface area contributed by atoms with Crippen molar-refractivity contribution in [3.8, 4) is 11.3 Å². The topological polar surface area (TPSA) is 102 Å². The van der Waals surface area contributed by atoms with Crippen LogP contribution < -0.4 is 16.2 Å². The number of nitrogens with one attached hydrogen (secondary N) is 2. The van der Waals surface area contributed by atoms with Gasteiger partial charge in [-0.15, -0.1) is 0 Å². The Labute approximate surface area is 151 Å². The van der Waals surface area contributed by atoms with Gasteiger partial charge in [0.15, 0.2) is 0 Å². The molecule has 2 aliphatic rings. The summed E-state index contributed by atoms with van der Waals surface area (Å²) in [5.41, 5.74) is 0.942. The van der Waals surface area contributed by atoms with Crippen LogP contribution in [0, 0.1) is 11.8 Å². The molecule has 2 saturated carbocycles. The van der Waals surface area contributed by atoms with Crippen LogP contribution in [0.2, 0.25) is 0 Å². The fraction of sp³-hybridized carbons (Fsp3) is 0.500. The highest BCUT2D eigenvalue weighted by atomic mass is 16.2. The maximum atomic E-state index is 11.9. The molecule has 3 unspecified atom stereocenters. The molecule has 2 aromatic rings. The van der Waals surface area contributed by atoms with Crippen LogP contribution in [0.15, 0.2) is 29.3 Å². The number of rotatable bonds is 6. The van der Waals surface area contributed by atoms with Crippen molar-refractivity contribution >= 4 is 11.9 Å². The molecule has 0 spiro atoms. The Morgan fingerprint density at radius 3 is 2.69 bits per heavy atom. The quantitative estimate of drug-likeness (QED) is 0.804. The average Bonchev–Trinajstić information content (AvgIpc) is 2.62. The van der Waals surface area contributed by atoms with Crippen LogP contribution >= 0.6 is 0 Å². The van der Waals surface area contributed by atoms with E-state index in [0.29, 0.717) is 29.8 Å². The average molecular weight is 354 g/mol. The van der Waals surface area contributed by atoms with Crippen LogP contribution in [0.1, 0.15) is 26.2 Å². The van der Waals surface area contributed by atoms with Crippen molar-refractivity contribution in [3.05, 3.63) is 34.9 Å². The summed E-state index contributed by atoms with van der Waals surface area (Å²) in [7, 11) is 0. The van der Waals surface area contributed by atoms with E-state index in [1.807, 2.05) is 6.92 Å². The Kier molecular flexibility index (Phi) is 4.40. The molecule has 2 fully saturated rings. The molecule has 0 aliphatic heterocycles. The van der Waals surface area contributed by atoms with Gasteiger partial charge in [-0.2, -0.15) is 5.10 Å². The summed E-state index contributed by atoms with van der Waals surface area (Å²) in [6.07, 6.45) is 7.25. The number of carbonyl (C=O) groups excluding carboxylic acids is 1. The van der Waals surface area contributed by atoms with Crippen LogP contribution in [0.3, 0.4) is 0 Å². The minimum atomic E-state index is -0.320. The minimum Gasteiger partial charge on any atom is -0.355 e. The van der Waals surface area contributed by atoms with Crippen LogP contribution in [0.5, 0.6) is 0 Å². The van der Waals surface area contributed by atoms with Crippen molar-refractivity contribution < 1.29 is 4.79 Å². The van der Waals surface area contributed by atoms with Gasteiger partial charge in [0.2, 0.25) is 11.9 Å². The Balaban J connectivity index is 1.46. The van der Waals surface area contributed by atoms with Crippen molar-refractivity contribution in [2.24, 2.45) is 11.8 Å². The highest BCUT2D eigenvalue weighted by Gasteiger charge is 2.47. The van der Waals surface area contributed by atoms with Gasteiger partial charge in [-0.1, -0.05) is 0 Å². The predicted octanol–water partition coefficient (Wildman–Crippen LogP) is 1.05. The van der Waals surface area contributed by atoms with Crippen molar-refractivity contribution in [2.75, 3.05) is 11.9 Å². The van der Waals surface area contributed by atoms with Gasteiger partial charge in [-0.05, 0) is 44.1 Å². The van der Waals surface area contributed by atoms with Gasteiger partial charge in [-0.3, -0.25) is 9.59 Å². The molecule has 0 bridgehead atoms. The van der Waals surface area contributed by atoms with E-state index < -0.39 is 0 Å². The molecular weight excluding hydrogens is 332 g/mol. The summed E-state index contributed by atoms with van der Waals surface area (Å²) in [6, 6.07) is 3.52. The fourth-order valence-electron chi connectivity index (χ4n) is 3.69. The standard InChI is InChI=1S/C18H22N6O2/c1-2-19-16(25)10-24-17(26)6-5-14(23-24)12-8-20-18(21-9-12)22-15-7-11-3-4-13(11)15/h5-6,8-9,11,13,15H,2-4,7,10H2,1H3,(H,19,25)(H,20,21,22). The van der Waals surface area contributed by atoms with Gasteiger partial charge in [0, 0.05) is 36.6 Å². The summed E-state index contributed by atoms with van der Waals surface area (Å²) in [4.78, 5) is 32.4. The second-order valence-corrected chi connectivity index (χ2v) is 6.95. The molecule has 136 valence electrons.